The lowest BCUT2D eigenvalue weighted by Crippen LogP contribution is -2.00. The van der Waals surface area contributed by atoms with Gasteiger partial charge in [-0.05, 0) is 36.8 Å². The monoisotopic (exact) mass is 290 g/mol. The lowest BCUT2D eigenvalue weighted by molar-refractivity contribution is -0.384. The highest BCUT2D eigenvalue weighted by Gasteiger charge is 2.11. The number of carbonyl (C=O) groups is 1. The van der Waals surface area contributed by atoms with E-state index in [2.05, 4.69) is 5.32 Å². The third-order valence-corrected chi connectivity index (χ3v) is 2.77. The number of rotatable bonds is 4. The van der Waals surface area contributed by atoms with E-state index in [4.69, 9.17) is 5.11 Å². The van der Waals surface area contributed by atoms with E-state index >= 15 is 0 Å². The molecule has 0 aliphatic carbocycles. The summed E-state index contributed by atoms with van der Waals surface area (Å²) in [5.41, 5.74) is 0.756. The number of hydrogen-bond acceptors (Lipinski definition) is 4. The second kappa shape index (κ2) is 5.58. The van der Waals surface area contributed by atoms with Gasteiger partial charge in [-0.1, -0.05) is 0 Å². The molecule has 0 saturated heterocycles. The summed E-state index contributed by atoms with van der Waals surface area (Å²) in [6.45, 7) is 1.68. The number of nitrogens with one attached hydrogen (secondary N) is 1. The maximum absolute atomic E-state index is 13.8. The summed E-state index contributed by atoms with van der Waals surface area (Å²) in [4.78, 5) is 21.0. The normalized spacial score (nSPS) is 10.2. The van der Waals surface area contributed by atoms with Crippen LogP contribution in [-0.4, -0.2) is 16.0 Å². The van der Waals surface area contributed by atoms with Crippen molar-refractivity contribution in [1.29, 1.82) is 0 Å². The Bertz CT molecular complexity index is 731. The summed E-state index contributed by atoms with van der Waals surface area (Å²) >= 11 is 0. The zero-order chi connectivity index (χ0) is 15.6. The van der Waals surface area contributed by atoms with Gasteiger partial charge in [0.25, 0.3) is 5.69 Å². The first-order valence-electron chi connectivity index (χ1n) is 5.93. The first-order valence-corrected chi connectivity index (χ1v) is 5.93. The highest BCUT2D eigenvalue weighted by Crippen LogP contribution is 2.25. The quantitative estimate of drug-likeness (QED) is 0.664. The van der Waals surface area contributed by atoms with Gasteiger partial charge in [-0.25, -0.2) is 9.18 Å². The third kappa shape index (κ3) is 3.33. The number of carboxylic acids is 1. The van der Waals surface area contributed by atoms with Crippen LogP contribution in [0.4, 0.5) is 21.5 Å². The van der Waals surface area contributed by atoms with Gasteiger partial charge < -0.3 is 10.4 Å². The van der Waals surface area contributed by atoms with E-state index in [1.807, 2.05) is 0 Å². The number of nitro groups is 1. The van der Waals surface area contributed by atoms with Gasteiger partial charge in [0.15, 0.2) is 0 Å². The largest absolute Gasteiger partial charge is 0.478 e. The van der Waals surface area contributed by atoms with Crippen molar-refractivity contribution in [3.8, 4) is 0 Å². The van der Waals surface area contributed by atoms with E-state index in [0.717, 1.165) is 6.07 Å². The SMILES string of the molecule is Cc1cc(Nc2ccc(C(=O)O)cc2F)cc([N+](=O)[O-])c1. The molecule has 2 N–H and O–H groups in total. The summed E-state index contributed by atoms with van der Waals surface area (Å²) < 4.78 is 13.8. The van der Waals surface area contributed by atoms with Crippen LogP contribution in [0.15, 0.2) is 36.4 Å². The average molecular weight is 290 g/mol. The zero-order valence-electron chi connectivity index (χ0n) is 11.0. The van der Waals surface area contributed by atoms with Crippen molar-refractivity contribution in [3.05, 3.63) is 63.5 Å². The molecule has 0 spiro atoms. The molecular formula is C14H11FN2O4. The molecule has 0 aromatic heterocycles. The van der Waals surface area contributed by atoms with Crippen LogP contribution in [0.1, 0.15) is 15.9 Å². The molecule has 0 unspecified atom stereocenters. The fraction of sp³-hybridized carbons (Fsp3) is 0.0714. The Morgan fingerprint density at radius 3 is 2.57 bits per heavy atom. The van der Waals surface area contributed by atoms with Crippen LogP contribution >= 0.6 is 0 Å². The van der Waals surface area contributed by atoms with Crippen LogP contribution < -0.4 is 5.32 Å². The highest BCUT2D eigenvalue weighted by molar-refractivity contribution is 5.88. The Kier molecular flexibility index (Phi) is 3.84. The van der Waals surface area contributed by atoms with Crippen molar-refractivity contribution >= 4 is 23.0 Å². The molecule has 0 bridgehead atoms. The molecule has 0 radical (unpaired) electrons. The Morgan fingerprint density at radius 1 is 1.29 bits per heavy atom. The number of aromatic carboxylic acids is 1. The molecule has 2 aromatic rings. The van der Waals surface area contributed by atoms with Crippen molar-refractivity contribution in [2.75, 3.05) is 5.32 Å². The topological polar surface area (TPSA) is 92.5 Å². The number of anilines is 2. The zero-order valence-corrected chi connectivity index (χ0v) is 11.0. The minimum atomic E-state index is -1.23. The lowest BCUT2D eigenvalue weighted by atomic mass is 10.1. The number of benzene rings is 2. The second-order valence-electron chi connectivity index (χ2n) is 4.44. The van der Waals surface area contributed by atoms with Gasteiger partial charge in [-0.3, -0.25) is 10.1 Å². The molecule has 0 heterocycles. The predicted molar refractivity (Wildman–Crippen MR) is 74.5 cm³/mol. The molecule has 108 valence electrons. The van der Waals surface area contributed by atoms with Crippen LogP contribution in [0.5, 0.6) is 0 Å². The molecule has 0 amide bonds. The molecule has 0 fully saturated rings. The van der Waals surface area contributed by atoms with Gasteiger partial charge in [-0.15, -0.1) is 0 Å². The van der Waals surface area contributed by atoms with E-state index in [-0.39, 0.29) is 16.9 Å². The van der Waals surface area contributed by atoms with Gasteiger partial charge in [-0.2, -0.15) is 0 Å². The van der Waals surface area contributed by atoms with Gasteiger partial charge in [0.05, 0.1) is 16.2 Å². The van der Waals surface area contributed by atoms with Crippen LogP contribution in [0.2, 0.25) is 0 Å². The fourth-order valence-corrected chi connectivity index (χ4v) is 1.85. The summed E-state index contributed by atoms with van der Waals surface area (Å²) in [5.74, 6) is -1.98. The molecule has 2 aromatic carbocycles. The van der Waals surface area contributed by atoms with Crippen LogP contribution in [-0.2, 0) is 0 Å². The molecule has 0 atom stereocenters. The van der Waals surface area contributed by atoms with Gasteiger partial charge in [0.2, 0.25) is 0 Å². The molecular weight excluding hydrogens is 279 g/mol. The standard InChI is InChI=1S/C14H11FN2O4/c1-8-4-10(7-11(5-8)17(20)21)16-13-3-2-9(14(18)19)6-12(13)15/h2-7,16H,1H3,(H,18,19). The second-order valence-corrected chi connectivity index (χ2v) is 4.44. The van der Waals surface area contributed by atoms with E-state index in [9.17, 15) is 19.3 Å². The summed E-state index contributed by atoms with van der Waals surface area (Å²) in [6.07, 6.45) is 0. The summed E-state index contributed by atoms with van der Waals surface area (Å²) in [6, 6.07) is 7.70. The van der Waals surface area contributed by atoms with Crippen LogP contribution in [0, 0.1) is 22.9 Å². The number of nitrogens with zero attached hydrogens (tertiary/aromatic N) is 1. The maximum Gasteiger partial charge on any atom is 0.335 e. The summed E-state index contributed by atoms with van der Waals surface area (Å²) in [7, 11) is 0. The maximum atomic E-state index is 13.8. The van der Waals surface area contributed by atoms with Gasteiger partial charge in [0, 0.05) is 17.8 Å². The van der Waals surface area contributed by atoms with E-state index < -0.39 is 16.7 Å². The first-order chi connectivity index (χ1) is 9.86. The lowest BCUT2D eigenvalue weighted by Gasteiger charge is -2.09. The predicted octanol–water partition coefficient (Wildman–Crippen LogP) is 3.48. The number of hydrogen-bond donors (Lipinski definition) is 2. The van der Waals surface area contributed by atoms with Crippen molar-refractivity contribution in [2.45, 2.75) is 6.92 Å². The highest BCUT2D eigenvalue weighted by atomic mass is 19.1. The minimum Gasteiger partial charge on any atom is -0.478 e. The van der Waals surface area contributed by atoms with Gasteiger partial charge in [0.1, 0.15) is 5.82 Å². The molecule has 0 aliphatic heterocycles. The number of carboxylic acid groups (broad SMARTS) is 1. The molecule has 6 nitrogen and oxygen atoms in total. The van der Waals surface area contributed by atoms with Gasteiger partial charge >= 0.3 is 5.97 Å². The molecule has 0 saturated carbocycles. The Balaban J connectivity index is 2.34. The third-order valence-electron chi connectivity index (χ3n) is 2.77. The molecule has 0 aliphatic rings. The van der Waals surface area contributed by atoms with Crippen molar-refractivity contribution in [2.24, 2.45) is 0 Å². The van der Waals surface area contributed by atoms with E-state index in [1.54, 1.807) is 13.0 Å². The number of aryl methyl sites for hydroxylation is 1. The Labute approximate surface area is 119 Å². The molecule has 2 rings (SSSR count). The first kappa shape index (κ1) is 14.4. The number of halogens is 1. The molecule has 21 heavy (non-hydrogen) atoms. The average Bonchev–Trinajstić information content (AvgIpc) is 2.40. The van der Waals surface area contributed by atoms with Crippen molar-refractivity contribution in [3.63, 3.8) is 0 Å². The Hall–Kier alpha value is -2.96. The van der Waals surface area contributed by atoms with E-state index in [0.29, 0.717) is 11.3 Å². The van der Waals surface area contributed by atoms with Crippen LogP contribution in [0.25, 0.3) is 0 Å². The minimum absolute atomic E-state index is 0.0416. The van der Waals surface area contributed by atoms with Crippen molar-refractivity contribution in [1.82, 2.24) is 0 Å². The van der Waals surface area contributed by atoms with Crippen molar-refractivity contribution < 1.29 is 19.2 Å². The molecule has 7 heteroatoms. The fourth-order valence-electron chi connectivity index (χ4n) is 1.85. The number of non-ortho nitro benzene ring substituents is 1. The van der Waals surface area contributed by atoms with Crippen LogP contribution in [0.3, 0.4) is 0 Å². The smallest absolute Gasteiger partial charge is 0.335 e. The Morgan fingerprint density at radius 2 is 2.00 bits per heavy atom. The number of nitro benzene ring substituents is 1. The van der Waals surface area contributed by atoms with E-state index in [1.165, 1.54) is 24.3 Å². The summed E-state index contributed by atoms with van der Waals surface area (Å²) in [5, 5.41) is 22.2.